The number of halogens is 3. The van der Waals surface area contributed by atoms with Gasteiger partial charge in [0.05, 0.1) is 17.6 Å². The molecule has 1 aromatic carbocycles. The number of hydrogen-bond donors (Lipinski definition) is 1. The van der Waals surface area contributed by atoms with Gasteiger partial charge >= 0.3 is 6.18 Å². The van der Waals surface area contributed by atoms with Gasteiger partial charge in [-0.25, -0.2) is 8.42 Å². The highest BCUT2D eigenvalue weighted by molar-refractivity contribution is 7.99. The summed E-state index contributed by atoms with van der Waals surface area (Å²) in [4.78, 5) is 0.137. The van der Waals surface area contributed by atoms with Crippen molar-refractivity contribution in [2.45, 2.75) is 16.0 Å². The van der Waals surface area contributed by atoms with E-state index in [1.54, 1.807) is 19.2 Å². The third-order valence-electron chi connectivity index (χ3n) is 2.51. The smallest absolute Gasteiger partial charge is 0.278 e. The lowest BCUT2D eigenvalue weighted by Gasteiger charge is -2.12. The first-order chi connectivity index (χ1) is 10.2. The molecule has 120 valence electrons. The van der Waals surface area contributed by atoms with Gasteiger partial charge in [0, 0.05) is 18.1 Å². The number of nitrogens with one attached hydrogen (secondary N) is 1. The third kappa shape index (κ3) is 4.41. The molecule has 2 rings (SSSR count). The van der Waals surface area contributed by atoms with Crippen molar-refractivity contribution in [2.24, 2.45) is 7.05 Å². The fourth-order valence-corrected chi connectivity index (χ4v) is 3.47. The molecule has 1 aromatic heterocycles. The summed E-state index contributed by atoms with van der Waals surface area (Å²) in [6.07, 6.45) is -1.87. The molecule has 0 aliphatic carbocycles. The van der Waals surface area contributed by atoms with Gasteiger partial charge in [-0.3, -0.25) is 9.40 Å². The first-order valence-electron chi connectivity index (χ1n) is 5.97. The molecule has 0 radical (unpaired) electrons. The number of alkyl halides is 3. The first-order valence-corrected chi connectivity index (χ1v) is 8.44. The van der Waals surface area contributed by atoms with Crippen LogP contribution < -0.4 is 4.72 Å². The molecule has 0 saturated carbocycles. The number of sulfonamides is 1. The molecule has 0 atom stereocenters. The van der Waals surface area contributed by atoms with Crippen molar-refractivity contribution < 1.29 is 21.6 Å². The van der Waals surface area contributed by atoms with Crippen LogP contribution in [0, 0.1) is 0 Å². The lowest BCUT2D eigenvalue weighted by molar-refractivity contribution is -0.105. The first kappa shape index (κ1) is 16.7. The second-order valence-electron chi connectivity index (χ2n) is 4.36. The van der Waals surface area contributed by atoms with Gasteiger partial charge in [0.25, 0.3) is 10.0 Å². The molecule has 0 saturated heterocycles. The number of aryl methyl sites for hydroxylation is 1. The van der Waals surface area contributed by atoms with Crippen molar-refractivity contribution in [1.82, 2.24) is 9.78 Å². The summed E-state index contributed by atoms with van der Waals surface area (Å²) in [7, 11) is -2.34. The Balaban J connectivity index is 2.23. The van der Waals surface area contributed by atoms with E-state index in [1.807, 2.05) is 0 Å². The standard InChI is InChI=1S/C12H12F3N3O2S2/c1-18-7-9(6-16-18)22(19,20)17-10-4-2-3-5-11(10)21-8-12(13,14)15/h2-7,17H,8H2,1H3. The lowest BCUT2D eigenvalue weighted by atomic mass is 10.3. The molecular formula is C12H12F3N3O2S2. The van der Waals surface area contributed by atoms with E-state index in [9.17, 15) is 21.6 Å². The van der Waals surface area contributed by atoms with Crippen molar-refractivity contribution in [1.29, 1.82) is 0 Å². The van der Waals surface area contributed by atoms with Crippen LogP contribution in [0.25, 0.3) is 0 Å². The zero-order valence-corrected chi connectivity index (χ0v) is 13.0. The third-order valence-corrected chi connectivity index (χ3v) is 4.97. The minimum absolute atomic E-state index is 0.0642. The molecule has 22 heavy (non-hydrogen) atoms. The monoisotopic (exact) mass is 351 g/mol. The summed E-state index contributed by atoms with van der Waals surface area (Å²) in [6.45, 7) is 0. The quantitative estimate of drug-likeness (QED) is 0.842. The van der Waals surface area contributed by atoms with E-state index < -0.39 is 22.0 Å². The van der Waals surface area contributed by atoms with Gasteiger partial charge < -0.3 is 0 Å². The minimum Gasteiger partial charge on any atom is -0.278 e. The molecule has 0 bridgehead atoms. The fourth-order valence-electron chi connectivity index (χ4n) is 1.58. The van der Waals surface area contributed by atoms with Gasteiger partial charge in [0.15, 0.2) is 0 Å². The summed E-state index contributed by atoms with van der Waals surface area (Å²) in [6, 6.07) is 5.92. The van der Waals surface area contributed by atoms with Crippen molar-refractivity contribution >= 4 is 27.5 Å². The highest BCUT2D eigenvalue weighted by Crippen LogP contribution is 2.33. The van der Waals surface area contributed by atoms with Crippen molar-refractivity contribution in [3.05, 3.63) is 36.7 Å². The number of hydrogen-bond acceptors (Lipinski definition) is 4. The summed E-state index contributed by atoms with van der Waals surface area (Å²) < 4.78 is 64.9. The van der Waals surface area contributed by atoms with Crippen LogP contribution in [-0.4, -0.2) is 30.1 Å². The number of nitrogens with zero attached hydrogens (tertiary/aromatic N) is 2. The molecule has 5 nitrogen and oxygen atoms in total. The number of aromatic nitrogens is 2. The zero-order chi connectivity index (χ0) is 16.4. The minimum atomic E-state index is -4.33. The maximum absolute atomic E-state index is 12.3. The fraction of sp³-hybridized carbons (Fsp3) is 0.250. The van der Waals surface area contributed by atoms with E-state index in [0.29, 0.717) is 11.8 Å². The highest BCUT2D eigenvalue weighted by atomic mass is 32.2. The van der Waals surface area contributed by atoms with E-state index in [2.05, 4.69) is 9.82 Å². The van der Waals surface area contributed by atoms with Gasteiger partial charge in [-0.05, 0) is 12.1 Å². The summed E-state index contributed by atoms with van der Waals surface area (Å²) in [5.41, 5.74) is 0.0978. The Morgan fingerprint density at radius 2 is 2.00 bits per heavy atom. The van der Waals surface area contributed by atoms with Gasteiger partial charge in [-0.15, -0.1) is 11.8 Å². The van der Waals surface area contributed by atoms with Crippen molar-refractivity contribution in [3.8, 4) is 0 Å². The Kier molecular flexibility index (Phi) is 4.71. The average molecular weight is 351 g/mol. The predicted octanol–water partition coefficient (Wildman–Crippen LogP) is 2.88. The van der Waals surface area contributed by atoms with Crippen LogP contribution in [0.15, 0.2) is 46.5 Å². The van der Waals surface area contributed by atoms with Crippen molar-refractivity contribution in [2.75, 3.05) is 10.5 Å². The lowest BCUT2D eigenvalue weighted by Crippen LogP contribution is -2.14. The number of anilines is 1. The Morgan fingerprint density at radius 1 is 1.32 bits per heavy atom. The predicted molar refractivity (Wildman–Crippen MR) is 77.2 cm³/mol. The molecular weight excluding hydrogens is 339 g/mol. The molecule has 10 heteroatoms. The highest BCUT2D eigenvalue weighted by Gasteiger charge is 2.28. The molecule has 0 fully saturated rings. The largest absolute Gasteiger partial charge is 0.398 e. The Hall–Kier alpha value is -1.68. The van der Waals surface area contributed by atoms with Crippen LogP contribution in [0.2, 0.25) is 0 Å². The van der Waals surface area contributed by atoms with Gasteiger partial charge in [-0.1, -0.05) is 12.1 Å². The molecule has 1 N–H and O–H groups in total. The van der Waals surface area contributed by atoms with Crippen molar-refractivity contribution in [3.63, 3.8) is 0 Å². The van der Waals surface area contributed by atoms with Crippen LogP contribution in [0.3, 0.4) is 0 Å². The van der Waals surface area contributed by atoms with Crippen LogP contribution in [-0.2, 0) is 17.1 Å². The molecule has 1 heterocycles. The van der Waals surface area contributed by atoms with Crippen LogP contribution in [0.1, 0.15) is 0 Å². The van der Waals surface area contributed by atoms with E-state index >= 15 is 0 Å². The maximum atomic E-state index is 12.3. The second-order valence-corrected chi connectivity index (χ2v) is 7.05. The summed E-state index contributed by atoms with van der Waals surface area (Å²) in [5, 5.41) is 3.76. The Morgan fingerprint density at radius 3 is 2.59 bits per heavy atom. The molecule has 0 amide bonds. The zero-order valence-electron chi connectivity index (χ0n) is 11.3. The van der Waals surface area contributed by atoms with Crippen LogP contribution >= 0.6 is 11.8 Å². The number of benzene rings is 1. The van der Waals surface area contributed by atoms with E-state index in [0.717, 1.165) is 6.20 Å². The normalized spacial score (nSPS) is 12.4. The van der Waals surface area contributed by atoms with Crippen LogP contribution in [0.4, 0.5) is 18.9 Å². The van der Waals surface area contributed by atoms with Crippen LogP contribution in [0.5, 0.6) is 0 Å². The number of rotatable bonds is 5. The number of thioether (sulfide) groups is 1. The van der Waals surface area contributed by atoms with E-state index in [1.165, 1.54) is 23.0 Å². The number of para-hydroxylation sites is 1. The molecule has 0 spiro atoms. The SMILES string of the molecule is Cn1cc(S(=O)(=O)Nc2ccccc2SCC(F)(F)F)cn1. The van der Waals surface area contributed by atoms with Gasteiger partial charge in [0.1, 0.15) is 4.90 Å². The summed E-state index contributed by atoms with van der Waals surface area (Å²) >= 11 is 0.522. The Bertz CT molecular complexity index is 757. The second kappa shape index (κ2) is 6.21. The molecule has 0 aliphatic rings. The average Bonchev–Trinajstić information content (AvgIpc) is 2.84. The Labute approximate surface area is 129 Å². The van der Waals surface area contributed by atoms with Gasteiger partial charge in [0.2, 0.25) is 0 Å². The molecule has 0 aliphatic heterocycles. The van der Waals surface area contributed by atoms with Gasteiger partial charge in [-0.2, -0.15) is 18.3 Å². The maximum Gasteiger partial charge on any atom is 0.398 e. The topological polar surface area (TPSA) is 64.0 Å². The van der Waals surface area contributed by atoms with E-state index in [-0.39, 0.29) is 15.5 Å². The molecule has 2 aromatic rings. The summed E-state index contributed by atoms with van der Waals surface area (Å²) in [5.74, 6) is -1.10. The van der Waals surface area contributed by atoms with E-state index in [4.69, 9.17) is 0 Å². The molecule has 0 unspecified atom stereocenters.